The summed E-state index contributed by atoms with van der Waals surface area (Å²) in [6, 6.07) is 9.99. The van der Waals surface area contributed by atoms with Crippen molar-refractivity contribution in [2.24, 2.45) is 5.92 Å². The third-order valence-electron chi connectivity index (χ3n) is 4.23. The van der Waals surface area contributed by atoms with E-state index in [4.69, 9.17) is 4.42 Å². The third-order valence-corrected chi connectivity index (χ3v) is 4.23. The minimum Gasteiger partial charge on any atom is -0.420 e. The molecule has 0 aliphatic heterocycles. The van der Waals surface area contributed by atoms with Gasteiger partial charge in [-0.2, -0.15) is 0 Å². The van der Waals surface area contributed by atoms with E-state index in [0.717, 1.165) is 17.4 Å². The van der Waals surface area contributed by atoms with Crippen molar-refractivity contribution in [3.05, 3.63) is 36.2 Å². The second-order valence-corrected chi connectivity index (χ2v) is 5.44. The number of rotatable bonds is 3. The van der Waals surface area contributed by atoms with Crippen LogP contribution >= 0.6 is 0 Å². The minimum absolute atomic E-state index is 0.466. The number of hydrogen-bond donors (Lipinski definition) is 0. The Balaban J connectivity index is 0.000000774. The molecule has 1 aliphatic rings. The molecule has 1 aromatic carbocycles. The second-order valence-electron chi connectivity index (χ2n) is 5.44. The fourth-order valence-electron chi connectivity index (χ4n) is 2.91. The third kappa shape index (κ3) is 3.93. The maximum Gasteiger partial charge on any atom is 0.247 e. The van der Waals surface area contributed by atoms with Gasteiger partial charge in [-0.1, -0.05) is 45.4 Å². The van der Waals surface area contributed by atoms with E-state index in [1.807, 2.05) is 44.2 Å². The van der Waals surface area contributed by atoms with E-state index >= 15 is 0 Å². The lowest BCUT2D eigenvalue weighted by molar-refractivity contribution is 0.288. The molecule has 114 valence electrons. The number of aromatic nitrogens is 2. The fraction of sp³-hybridized carbons (Fsp3) is 0.556. The van der Waals surface area contributed by atoms with E-state index in [1.165, 1.54) is 32.1 Å². The molecule has 0 unspecified atom stereocenters. The maximum atomic E-state index is 5.86. The monoisotopic (exact) mass is 286 g/mol. The summed E-state index contributed by atoms with van der Waals surface area (Å²) < 4.78 is 5.86. The summed E-state index contributed by atoms with van der Waals surface area (Å²) in [4.78, 5) is 0. The van der Waals surface area contributed by atoms with Crippen molar-refractivity contribution in [2.45, 2.75) is 58.8 Å². The van der Waals surface area contributed by atoms with Gasteiger partial charge in [0, 0.05) is 11.5 Å². The Morgan fingerprint density at radius 3 is 2.29 bits per heavy atom. The lowest BCUT2D eigenvalue weighted by Gasteiger charge is -2.25. The van der Waals surface area contributed by atoms with Crippen LogP contribution in [-0.2, 0) is 0 Å². The fourth-order valence-corrected chi connectivity index (χ4v) is 2.91. The zero-order valence-corrected chi connectivity index (χ0v) is 13.4. The van der Waals surface area contributed by atoms with Crippen LogP contribution < -0.4 is 0 Å². The largest absolute Gasteiger partial charge is 0.420 e. The highest BCUT2D eigenvalue weighted by atomic mass is 16.4. The van der Waals surface area contributed by atoms with Gasteiger partial charge in [-0.3, -0.25) is 0 Å². The van der Waals surface area contributed by atoms with Gasteiger partial charge in [-0.25, -0.2) is 0 Å². The van der Waals surface area contributed by atoms with E-state index in [0.29, 0.717) is 11.8 Å². The lowest BCUT2D eigenvalue weighted by atomic mass is 9.81. The Morgan fingerprint density at radius 2 is 1.67 bits per heavy atom. The van der Waals surface area contributed by atoms with Gasteiger partial charge in [0.15, 0.2) is 0 Å². The molecule has 3 nitrogen and oxygen atoms in total. The number of hydrogen-bond acceptors (Lipinski definition) is 3. The molecule has 0 N–H and O–H groups in total. The molecule has 1 aliphatic carbocycles. The first-order chi connectivity index (χ1) is 10.4. The molecule has 0 atom stereocenters. The molecule has 0 radical (unpaired) electrons. The molecule has 0 bridgehead atoms. The van der Waals surface area contributed by atoms with Crippen molar-refractivity contribution >= 4 is 0 Å². The van der Waals surface area contributed by atoms with Crippen molar-refractivity contribution in [1.82, 2.24) is 10.2 Å². The molecule has 1 heterocycles. The predicted octanol–water partition coefficient (Wildman–Crippen LogP) is 5.45. The van der Waals surface area contributed by atoms with E-state index in [-0.39, 0.29) is 0 Å². The highest BCUT2D eigenvalue weighted by Gasteiger charge is 2.25. The summed E-state index contributed by atoms with van der Waals surface area (Å²) in [7, 11) is 0. The zero-order valence-electron chi connectivity index (χ0n) is 13.4. The summed E-state index contributed by atoms with van der Waals surface area (Å²) in [5.74, 6) is 2.84. The molecular weight excluding hydrogens is 260 g/mol. The van der Waals surface area contributed by atoms with Gasteiger partial charge in [-0.15, -0.1) is 10.2 Å². The molecule has 2 aromatic rings. The Morgan fingerprint density at radius 1 is 1.00 bits per heavy atom. The van der Waals surface area contributed by atoms with Crippen LogP contribution in [0.15, 0.2) is 34.7 Å². The van der Waals surface area contributed by atoms with Crippen molar-refractivity contribution in [2.75, 3.05) is 0 Å². The first-order valence-electron chi connectivity index (χ1n) is 8.25. The van der Waals surface area contributed by atoms with E-state index in [2.05, 4.69) is 17.1 Å². The van der Waals surface area contributed by atoms with Gasteiger partial charge < -0.3 is 4.42 Å². The highest BCUT2D eigenvalue weighted by Crippen LogP contribution is 2.36. The van der Waals surface area contributed by atoms with Crippen LogP contribution in [0.5, 0.6) is 0 Å². The normalized spacial score (nSPS) is 21.5. The highest BCUT2D eigenvalue weighted by molar-refractivity contribution is 5.51. The van der Waals surface area contributed by atoms with Gasteiger partial charge in [0.1, 0.15) is 0 Å². The number of nitrogens with zero attached hydrogens (tertiary/aromatic N) is 2. The molecule has 21 heavy (non-hydrogen) atoms. The molecule has 0 saturated heterocycles. The maximum absolute atomic E-state index is 5.86. The topological polar surface area (TPSA) is 38.9 Å². The predicted molar refractivity (Wildman–Crippen MR) is 86.1 cm³/mol. The summed E-state index contributed by atoms with van der Waals surface area (Å²) in [5.41, 5.74) is 1.00. The molecule has 1 fully saturated rings. The van der Waals surface area contributed by atoms with Gasteiger partial charge in [-0.05, 0) is 43.7 Å². The minimum atomic E-state index is 0.466. The second kappa shape index (κ2) is 7.96. The Bertz CT molecular complexity index is 513. The first-order valence-corrected chi connectivity index (χ1v) is 8.25. The van der Waals surface area contributed by atoms with Gasteiger partial charge >= 0.3 is 0 Å². The summed E-state index contributed by atoms with van der Waals surface area (Å²) in [6.45, 7) is 6.28. The smallest absolute Gasteiger partial charge is 0.247 e. The van der Waals surface area contributed by atoms with Crippen molar-refractivity contribution in [3.63, 3.8) is 0 Å². The molecule has 0 spiro atoms. The van der Waals surface area contributed by atoms with Crippen LogP contribution in [0, 0.1) is 5.92 Å². The van der Waals surface area contributed by atoms with Gasteiger partial charge in [0.05, 0.1) is 0 Å². The van der Waals surface area contributed by atoms with Crippen LogP contribution in [0.3, 0.4) is 0 Å². The molecular formula is C18H26N2O. The van der Waals surface area contributed by atoms with E-state index < -0.39 is 0 Å². The molecule has 3 rings (SSSR count). The van der Waals surface area contributed by atoms with Crippen LogP contribution in [0.25, 0.3) is 11.5 Å². The summed E-state index contributed by atoms with van der Waals surface area (Å²) in [6.07, 6.45) is 6.27. The van der Waals surface area contributed by atoms with E-state index in [1.54, 1.807) is 0 Å². The molecule has 1 aromatic heterocycles. The van der Waals surface area contributed by atoms with Crippen molar-refractivity contribution < 1.29 is 4.42 Å². The quantitative estimate of drug-likeness (QED) is 0.753. The van der Waals surface area contributed by atoms with Crippen molar-refractivity contribution in [1.29, 1.82) is 0 Å². The molecule has 1 saturated carbocycles. The average molecular weight is 286 g/mol. The van der Waals surface area contributed by atoms with Crippen LogP contribution in [0.4, 0.5) is 0 Å². The summed E-state index contributed by atoms with van der Waals surface area (Å²) in [5, 5.41) is 8.43. The van der Waals surface area contributed by atoms with Crippen molar-refractivity contribution in [3.8, 4) is 11.5 Å². The SMILES string of the molecule is CC.CCC1CCC(c2nnc(-c3ccccc3)o2)CC1. The average Bonchev–Trinajstić information content (AvgIpc) is 3.08. The first kappa shape index (κ1) is 15.7. The van der Waals surface area contributed by atoms with Gasteiger partial charge in [0.25, 0.3) is 0 Å². The lowest BCUT2D eigenvalue weighted by Crippen LogP contribution is -2.12. The molecule has 3 heteroatoms. The Kier molecular flexibility index (Phi) is 5.97. The Labute approximate surface area is 127 Å². The zero-order chi connectivity index (χ0) is 15.1. The van der Waals surface area contributed by atoms with Crippen LogP contribution in [-0.4, -0.2) is 10.2 Å². The number of benzene rings is 1. The van der Waals surface area contributed by atoms with Gasteiger partial charge in [0.2, 0.25) is 11.8 Å². The summed E-state index contributed by atoms with van der Waals surface area (Å²) >= 11 is 0. The Hall–Kier alpha value is -1.64. The van der Waals surface area contributed by atoms with Crippen LogP contribution in [0.1, 0.15) is 64.7 Å². The standard InChI is InChI=1S/C16H20N2O.C2H6/c1-2-12-8-10-14(11-9-12)16-18-17-15(19-16)13-6-4-3-5-7-13;1-2/h3-7,12,14H,2,8-11H2,1H3;1-2H3. The van der Waals surface area contributed by atoms with Crippen LogP contribution in [0.2, 0.25) is 0 Å². The molecule has 0 amide bonds. The van der Waals surface area contributed by atoms with E-state index in [9.17, 15) is 0 Å².